The van der Waals surface area contributed by atoms with E-state index in [2.05, 4.69) is 9.57 Å². The Labute approximate surface area is 139 Å². The van der Waals surface area contributed by atoms with Crippen LogP contribution in [0.25, 0.3) is 0 Å². The number of carbonyl (C=O) groups excluding carboxylic acids is 3. The highest BCUT2D eigenvalue weighted by Gasteiger charge is 2.33. The van der Waals surface area contributed by atoms with Gasteiger partial charge in [0.1, 0.15) is 0 Å². The summed E-state index contributed by atoms with van der Waals surface area (Å²) < 4.78 is 4.65. The van der Waals surface area contributed by atoms with Gasteiger partial charge in [0, 0.05) is 30.9 Å². The molecule has 12 nitrogen and oxygen atoms in total. The number of carbonyl (C=O) groups is 3. The van der Waals surface area contributed by atoms with Crippen molar-refractivity contribution in [3.63, 3.8) is 0 Å². The fraction of sp³-hybridized carbons (Fsp3) is 0.308. The molecule has 0 N–H and O–H groups in total. The molecule has 1 fully saturated rings. The van der Waals surface area contributed by atoms with Gasteiger partial charge in [0.05, 0.1) is 22.5 Å². The highest BCUT2D eigenvalue weighted by molar-refractivity contribution is 6.01. The van der Waals surface area contributed by atoms with Crippen molar-refractivity contribution in [1.29, 1.82) is 0 Å². The lowest BCUT2D eigenvalue weighted by molar-refractivity contribution is -0.394. The molecule has 2 rings (SSSR count). The predicted octanol–water partition coefficient (Wildman–Crippen LogP) is 1.26. The van der Waals surface area contributed by atoms with Crippen LogP contribution >= 0.6 is 0 Å². The zero-order valence-electron chi connectivity index (χ0n) is 12.6. The lowest BCUT2D eigenvalue weighted by Crippen LogP contribution is -2.32. The van der Waals surface area contributed by atoms with Crippen LogP contribution in [0.3, 0.4) is 0 Å². The van der Waals surface area contributed by atoms with Gasteiger partial charge >= 0.3 is 6.16 Å². The molecule has 0 bridgehead atoms. The van der Waals surface area contributed by atoms with E-state index in [4.69, 9.17) is 0 Å². The molecular weight excluding hydrogens is 342 g/mol. The molecule has 0 spiro atoms. The van der Waals surface area contributed by atoms with Crippen molar-refractivity contribution in [1.82, 2.24) is 5.06 Å². The number of nitrogens with zero attached hydrogens (tertiary/aromatic N) is 3. The number of imide groups is 1. The van der Waals surface area contributed by atoms with Crippen LogP contribution in [0.2, 0.25) is 0 Å². The summed E-state index contributed by atoms with van der Waals surface area (Å²) in [6.07, 6.45) is -1.57. The summed E-state index contributed by atoms with van der Waals surface area (Å²) in [7, 11) is 0. The molecule has 0 unspecified atom stereocenters. The van der Waals surface area contributed by atoms with Gasteiger partial charge in [-0.05, 0) is 6.07 Å². The predicted molar refractivity (Wildman–Crippen MR) is 77.0 cm³/mol. The minimum atomic E-state index is -1.31. The van der Waals surface area contributed by atoms with Crippen LogP contribution in [0.5, 0.6) is 0 Å². The zero-order valence-corrected chi connectivity index (χ0v) is 12.6. The molecule has 1 aliphatic heterocycles. The minimum absolute atomic E-state index is 0.0684. The quantitative estimate of drug-likeness (QED) is 0.317. The first-order valence-corrected chi connectivity index (χ1v) is 6.92. The summed E-state index contributed by atoms with van der Waals surface area (Å²) in [5.41, 5.74) is -0.824. The molecule has 0 radical (unpaired) electrons. The average Bonchev–Trinajstić information content (AvgIpc) is 2.86. The fourth-order valence-corrected chi connectivity index (χ4v) is 2.05. The molecule has 0 atom stereocenters. The number of non-ortho nitro benzene ring substituents is 1. The van der Waals surface area contributed by atoms with E-state index in [0.717, 1.165) is 12.1 Å². The number of benzene rings is 1. The molecule has 1 aromatic rings. The zero-order chi connectivity index (χ0) is 18.6. The maximum atomic E-state index is 11.4. The van der Waals surface area contributed by atoms with Crippen LogP contribution in [-0.4, -0.2) is 39.5 Å². The van der Waals surface area contributed by atoms with Crippen LogP contribution in [0.15, 0.2) is 18.2 Å². The summed E-state index contributed by atoms with van der Waals surface area (Å²) >= 11 is 0. The van der Waals surface area contributed by atoms with Crippen LogP contribution in [-0.2, 0) is 25.6 Å². The number of amides is 2. The number of nitro groups is 2. The van der Waals surface area contributed by atoms with Gasteiger partial charge in [-0.15, -0.1) is 0 Å². The van der Waals surface area contributed by atoms with Crippen molar-refractivity contribution in [3.8, 4) is 0 Å². The summed E-state index contributed by atoms with van der Waals surface area (Å²) in [6, 6.07) is 3.07. The van der Waals surface area contributed by atoms with Gasteiger partial charge in [0.15, 0.2) is 0 Å². The van der Waals surface area contributed by atoms with Gasteiger partial charge in [0.25, 0.3) is 23.2 Å². The van der Waals surface area contributed by atoms with Crippen LogP contribution in [0.1, 0.15) is 18.4 Å². The molecule has 12 heteroatoms. The van der Waals surface area contributed by atoms with E-state index < -0.39 is 39.2 Å². The van der Waals surface area contributed by atoms with Crippen molar-refractivity contribution in [2.24, 2.45) is 0 Å². The van der Waals surface area contributed by atoms with Crippen LogP contribution in [0, 0.1) is 20.2 Å². The van der Waals surface area contributed by atoms with E-state index in [-0.39, 0.29) is 31.4 Å². The summed E-state index contributed by atoms with van der Waals surface area (Å²) in [5.74, 6) is -1.35. The monoisotopic (exact) mass is 353 g/mol. The number of nitro benzene ring substituents is 2. The third kappa shape index (κ3) is 4.25. The topological polar surface area (TPSA) is 159 Å². The first-order valence-electron chi connectivity index (χ1n) is 6.92. The highest BCUT2D eigenvalue weighted by atomic mass is 16.8. The Hall–Kier alpha value is -3.57. The van der Waals surface area contributed by atoms with Gasteiger partial charge in [-0.3, -0.25) is 34.7 Å². The first kappa shape index (κ1) is 17.8. The van der Waals surface area contributed by atoms with E-state index in [9.17, 15) is 34.6 Å². The minimum Gasteiger partial charge on any atom is -0.432 e. The van der Waals surface area contributed by atoms with E-state index in [0.29, 0.717) is 5.06 Å². The van der Waals surface area contributed by atoms with Crippen LogP contribution < -0.4 is 0 Å². The van der Waals surface area contributed by atoms with E-state index in [1.54, 1.807) is 0 Å². The largest absolute Gasteiger partial charge is 0.533 e. The number of rotatable bonds is 6. The smallest absolute Gasteiger partial charge is 0.432 e. The maximum absolute atomic E-state index is 11.4. The van der Waals surface area contributed by atoms with Crippen molar-refractivity contribution in [3.05, 3.63) is 44.0 Å². The van der Waals surface area contributed by atoms with Crippen molar-refractivity contribution >= 4 is 29.3 Å². The molecule has 0 aromatic heterocycles. The molecule has 1 aliphatic rings. The van der Waals surface area contributed by atoms with E-state index >= 15 is 0 Å². The summed E-state index contributed by atoms with van der Waals surface area (Å²) in [5, 5.41) is 21.9. The fourth-order valence-electron chi connectivity index (χ4n) is 2.05. The second-order valence-corrected chi connectivity index (χ2v) is 4.85. The van der Waals surface area contributed by atoms with Crippen molar-refractivity contribution in [2.45, 2.75) is 19.3 Å². The molecule has 1 saturated heterocycles. The third-order valence-electron chi connectivity index (χ3n) is 3.24. The van der Waals surface area contributed by atoms with Gasteiger partial charge in [-0.2, -0.15) is 0 Å². The molecular formula is C13H11N3O9. The lowest BCUT2D eigenvalue weighted by Gasteiger charge is -2.12. The standard InChI is InChI=1S/C13H11N3O9/c17-11-3-4-12(18)14(11)25-13(19)24-6-5-8-1-2-9(15(20)21)7-10(8)16(22)23/h1-2,7H,3-6H2. The molecule has 0 aliphatic carbocycles. The van der Waals surface area contributed by atoms with Gasteiger partial charge < -0.3 is 4.74 Å². The van der Waals surface area contributed by atoms with Gasteiger partial charge in [0.2, 0.25) is 0 Å². The number of ether oxygens (including phenoxy) is 1. The van der Waals surface area contributed by atoms with Crippen molar-refractivity contribution in [2.75, 3.05) is 6.61 Å². The summed E-state index contributed by atoms with van der Waals surface area (Å²) in [4.78, 5) is 58.5. The van der Waals surface area contributed by atoms with Gasteiger partial charge in [-0.25, -0.2) is 4.79 Å². The Morgan fingerprint density at radius 3 is 2.32 bits per heavy atom. The number of hydrogen-bond acceptors (Lipinski definition) is 9. The Balaban J connectivity index is 1.94. The highest BCUT2D eigenvalue weighted by Crippen LogP contribution is 2.25. The molecule has 2 amide bonds. The van der Waals surface area contributed by atoms with Crippen LogP contribution in [0.4, 0.5) is 16.2 Å². The Morgan fingerprint density at radius 2 is 1.76 bits per heavy atom. The molecule has 1 aromatic carbocycles. The number of hydrogen-bond donors (Lipinski definition) is 0. The molecule has 0 saturated carbocycles. The Morgan fingerprint density at radius 1 is 1.12 bits per heavy atom. The lowest BCUT2D eigenvalue weighted by atomic mass is 10.1. The molecule has 132 valence electrons. The summed E-state index contributed by atoms with van der Waals surface area (Å²) in [6.45, 7) is -0.353. The normalized spacial score (nSPS) is 13.7. The van der Waals surface area contributed by atoms with Crippen molar-refractivity contribution < 1.29 is 33.8 Å². The number of hydroxylamine groups is 2. The first-order chi connectivity index (χ1) is 11.8. The second kappa shape index (κ2) is 7.33. The maximum Gasteiger partial charge on any atom is 0.533 e. The average molecular weight is 353 g/mol. The Bertz CT molecular complexity index is 745. The second-order valence-electron chi connectivity index (χ2n) is 4.85. The van der Waals surface area contributed by atoms with E-state index in [1.165, 1.54) is 6.07 Å². The third-order valence-corrected chi connectivity index (χ3v) is 3.24. The van der Waals surface area contributed by atoms with Gasteiger partial charge in [-0.1, -0.05) is 5.06 Å². The molecule has 1 heterocycles. The Kier molecular flexibility index (Phi) is 5.22. The molecule has 25 heavy (non-hydrogen) atoms. The van der Waals surface area contributed by atoms with E-state index in [1.807, 2.05) is 0 Å². The SMILES string of the molecule is O=C(OCCc1ccc([N+](=O)[O-])cc1[N+](=O)[O-])ON1C(=O)CCC1=O.